The van der Waals surface area contributed by atoms with Gasteiger partial charge < -0.3 is 18.8 Å². The Bertz CT molecular complexity index is 1520. The van der Waals surface area contributed by atoms with E-state index in [1.807, 2.05) is 6.92 Å². The molecule has 0 radical (unpaired) electrons. The number of rotatable bonds is 7. The van der Waals surface area contributed by atoms with Gasteiger partial charge in [0, 0.05) is 34.2 Å². The zero-order chi connectivity index (χ0) is 25.8. The molecule has 4 aromatic rings. The molecule has 0 saturated carbocycles. The Morgan fingerprint density at radius 2 is 1.76 bits per heavy atom. The first-order chi connectivity index (χ1) is 17.9. The summed E-state index contributed by atoms with van der Waals surface area (Å²) in [5, 5.41) is 2.49. The molecule has 1 aromatic heterocycles. The van der Waals surface area contributed by atoms with Gasteiger partial charge >= 0.3 is 7.12 Å². The molecule has 0 amide bonds. The highest BCUT2D eigenvalue weighted by atomic mass is 16.6. The quantitative estimate of drug-likeness (QED) is 0.254. The van der Waals surface area contributed by atoms with Gasteiger partial charge in [-0.05, 0) is 63.8 Å². The molecule has 2 heterocycles. The van der Waals surface area contributed by atoms with Crippen LogP contribution in [0.2, 0.25) is 0 Å². The van der Waals surface area contributed by atoms with Crippen LogP contribution in [0, 0.1) is 0 Å². The van der Waals surface area contributed by atoms with E-state index in [0.29, 0.717) is 6.61 Å². The van der Waals surface area contributed by atoms with Crippen LogP contribution in [0.3, 0.4) is 0 Å². The smallest absolute Gasteiger partial charge is 0.408 e. The Morgan fingerprint density at radius 1 is 0.946 bits per heavy atom. The zero-order valence-corrected chi connectivity index (χ0v) is 22.4. The number of allylic oxidation sites excluding steroid dienone is 2. The lowest BCUT2D eigenvalue weighted by Gasteiger charge is -2.50. The van der Waals surface area contributed by atoms with Crippen LogP contribution in [0.5, 0.6) is 0 Å². The molecule has 188 valence electrons. The Balaban J connectivity index is 1.60. The van der Waals surface area contributed by atoms with Crippen molar-refractivity contribution in [2.75, 3.05) is 11.5 Å². The Labute approximate surface area is 220 Å². The first-order valence-corrected chi connectivity index (χ1v) is 13.5. The van der Waals surface area contributed by atoms with Crippen LogP contribution < -0.4 is 10.4 Å². The van der Waals surface area contributed by atoms with Gasteiger partial charge in [-0.1, -0.05) is 73.7 Å². The SMILES string of the molecule is CCOB(OC(C)(C)CC)c1ccc2c(c1)c1cccc3c1n2C1C=CC=CC1(C)N3c1ccccc1. The van der Waals surface area contributed by atoms with Crippen LogP contribution in [0.25, 0.3) is 21.8 Å². The number of para-hydroxylation sites is 2. The van der Waals surface area contributed by atoms with Crippen molar-refractivity contribution in [2.24, 2.45) is 0 Å². The third-order valence-electron chi connectivity index (χ3n) is 8.15. The maximum Gasteiger partial charge on any atom is 0.494 e. The lowest BCUT2D eigenvalue weighted by molar-refractivity contribution is 0.0706. The van der Waals surface area contributed by atoms with Crippen molar-refractivity contribution < 1.29 is 9.31 Å². The van der Waals surface area contributed by atoms with Crippen molar-refractivity contribution in [3.63, 3.8) is 0 Å². The lowest BCUT2D eigenvalue weighted by Crippen LogP contribution is -2.51. The normalized spacial score (nSPS) is 20.6. The number of nitrogens with zero attached hydrogens (tertiary/aromatic N) is 2. The molecule has 0 spiro atoms. The molecule has 5 heteroatoms. The average molecular weight is 490 g/mol. The van der Waals surface area contributed by atoms with Crippen LogP contribution in [-0.4, -0.2) is 29.4 Å². The third-order valence-corrected chi connectivity index (χ3v) is 8.15. The number of hydrogen-bond acceptors (Lipinski definition) is 3. The molecule has 1 aliphatic carbocycles. The zero-order valence-electron chi connectivity index (χ0n) is 22.4. The number of aromatic nitrogens is 1. The monoisotopic (exact) mass is 490 g/mol. The van der Waals surface area contributed by atoms with Crippen molar-refractivity contribution in [3.05, 3.63) is 91.0 Å². The van der Waals surface area contributed by atoms with Crippen LogP contribution in [0.1, 0.15) is 47.1 Å². The maximum atomic E-state index is 6.46. The van der Waals surface area contributed by atoms with Crippen LogP contribution in [0.15, 0.2) is 91.0 Å². The highest BCUT2D eigenvalue weighted by Gasteiger charge is 2.45. The highest BCUT2D eigenvalue weighted by Crippen LogP contribution is 2.52. The fourth-order valence-corrected chi connectivity index (χ4v) is 5.96. The van der Waals surface area contributed by atoms with Gasteiger partial charge in [0.1, 0.15) is 0 Å². The first kappa shape index (κ1) is 24.1. The van der Waals surface area contributed by atoms with Gasteiger partial charge in [0.05, 0.1) is 22.8 Å². The number of hydrogen-bond donors (Lipinski definition) is 0. The summed E-state index contributed by atoms with van der Waals surface area (Å²) in [7, 11) is -0.403. The van der Waals surface area contributed by atoms with Gasteiger partial charge in [-0.15, -0.1) is 0 Å². The number of fused-ring (bicyclic) bond motifs is 5. The standard InChI is InChI=1S/C32H35BN2O2/c1-6-31(3,4)37-33(36-7-2)23-19-20-27-26(22-23)25-16-13-17-28-30(25)34(27)29-18-11-12-21-32(29,5)35(28)24-14-9-8-10-15-24/h8-22,29H,6-7H2,1-5H3. The molecule has 0 N–H and O–H groups in total. The average Bonchev–Trinajstić information content (AvgIpc) is 3.24. The Morgan fingerprint density at radius 3 is 2.51 bits per heavy atom. The second-order valence-electron chi connectivity index (χ2n) is 10.9. The molecule has 6 rings (SSSR count). The summed E-state index contributed by atoms with van der Waals surface area (Å²) in [4.78, 5) is 2.51. The van der Waals surface area contributed by atoms with Crippen molar-refractivity contribution in [1.29, 1.82) is 0 Å². The highest BCUT2D eigenvalue weighted by molar-refractivity contribution is 6.61. The molecular formula is C32H35BN2O2. The number of anilines is 2. The van der Waals surface area contributed by atoms with E-state index < -0.39 is 7.12 Å². The Kier molecular flexibility index (Phi) is 5.81. The Hall–Kier alpha value is -3.28. The van der Waals surface area contributed by atoms with Gasteiger partial charge in [-0.2, -0.15) is 0 Å². The molecule has 4 nitrogen and oxygen atoms in total. The molecule has 2 aliphatic rings. The molecule has 0 bridgehead atoms. The summed E-state index contributed by atoms with van der Waals surface area (Å²) in [6.07, 6.45) is 9.96. The predicted octanol–water partition coefficient (Wildman–Crippen LogP) is 7.31. The summed E-state index contributed by atoms with van der Waals surface area (Å²) in [5.41, 5.74) is 5.47. The minimum Gasteiger partial charge on any atom is -0.408 e. The van der Waals surface area contributed by atoms with Crippen LogP contribution in [0.4, 0.5) is 11.4 Å². The van der Waals surface area contributed by atoms with Gasteiger partial charge in [0.2, 0.25) is 0 Å². The first-order valence-electron chi connectivity index (χ1n) is 13.5. The fraction of sp³-hybridized carbons (Fsp3) is 0.312. The van der Waals surface area contributed by atoms with Gasteiger partial charge in [0.15, 0.2) is 0 Å². The summed E-state index contributed by atoms with van der Waals surface area (Å²) in [6.45, 7) is 11.4. The summed E-state index contributed by atoms with van der Waals surface area (Å²) < 4.78 is 15.1. The van der Waals surface area contributed by atoms with E-state index >= 15 is 0 Å². The summed E-state index contributed by atoms with van der Waals surface area (Å²) in [6, 6.07) is 24.3. The van der Waals surface area contributed by atoms with E-state index in [0.717, 1.165) is 11.9 Å². The van der Waals surface area contributed by atoms with Crippen molar-refractivity contribution >= 4 is 45.8 Å². The van der Waals surface area contributed by atoms with Gasteiger partial charge in [-0.3, -0.25) is 0 Å². The van der Waals surface area contributed by atoms with Crippen LogP contribution in [-0.2, 0) is 9.31 Å². The van der Waals surface area contributed by atoms with Crippen molar-refractivity contribution in [1.82, 2.24) is 4.57 Å². The second-order valence-corrected chi connectivity index (χ2v) is 10.9. The van der Waals surface area contributed by atoms with Crippen LogP contribution >= 0.6 is 0 Å². The van der Waals surface area contributed by atoms with E-state index in [-0.39, 0.29) is 17.2 Å². The number of benzene rings is 3. The minimum atomic E-state index is -0.403. The predicted molar refractivity (Wildman–Crippen MR) is 156 cm³/mol. The minimum absolute atomic E-state index is 0.149. The van der Waals surface area contributed by atoms with Gasteiger partial charge in [0.25, 0.3) is 0 Å². The second kappa shape index (κ2) is 8.93. The molecule has 37 heavy (non-hydrogen) atoms. The van der Waals surface area contributed by atoms with Crippen molar-refractivity contribution in [2.45, 2.75) is 58.2 Å². The van der Waals surface area contributed by atoms with E-state index in [1.54, 1.807) is 0 Å². The topological polar surface area (TPSA) is 26.6 Å². The molecule has 3 aromatic carbocycles. The molecule has 0 saturated heterocycles. The molecule has 2 atom stereocenters. The van der Waals surface area contributed by atoms with E-state index in [4.69, 9.17) is 9.31 Å². The van der Waals surface area contributed by atoms with Gasteiger partial charge in [-0.25, -0.2) is 0 Å². The lowest BCUT2D eigenvalue weighted by atomic mass is 9.77. The van der Waals surface area contributed by atoms with E-state index in [9.17, 15) is 0 Å². The molecular weight excluding hydrogens is 455 g/mol. The third kappa shape index (κ3) is 3.75. The summed E-state index contributed by atoms with van der Waals surface area (Å²) in [5.74, 6) is 0. The fourth-order valence-electron chi connectivity index (χ4n) is 5.96. The molecule has 2 unspecified atom stereocenters. The molecule has 0 fully saturated rings. The molecule has 1 aliphatic heterocycles. The van der Waals surface area contributed by atoms with Crippen molar-refractivity contribution in [3.8, 4) is 0 Å². The summed E-state index contributed by atoms with van der Waals surface area (Å²) >= 11 is 0. The maximum absolute atomic E-state index is 6.46. The van der Waals surface area contributed by atoms with E-state index in [2.05, 4.69) is 128 Å². The van der Waals surface area contributed by atoms with E-state index in [1.165, 1.54) is 33.2 Å². The largest absolute Gasteiger partial charge is 0.494 e.